The Labute approximate surface area is 141 Å². The first kappa shape index (κ1) is 18.1. The van der Waals surface area contributed by atoms with Gasteiger partial charge in [-0.05, 0) is 6.92 Å². The number of H-pyrrole nitrogens is 1. The number of aromatic amines is 1. The van der Waals surface area contributed by atoms with Crippen LogP contribution < -0.4 is 10.5 Å². The molecule has 0 saturated carbocycles. The topological polar surface area (TPSA) is 164 Å². The van der Waals surface area contributed by atoms with Gasteiger partial charge in [0.05, 0.1) is 6.33 Å². The summed E-state index contributed by atoms with van der Waals surface area (Å²) in [6.07, 6.45) is -8.35. The number of halogens is 3. The van der Waals surface area contributed by atoms with E-state index in [0.29, 0.717) is 0 Å². The lowest BCUT2D eigenvalue weighted by Gasteiger charge is -2.23. The second-order valence-electron chi connectivity index (χ2n) is 5.70. The number of aryl methyl sites for hydroxylation is 1. The first-order chi connectivity index (χ1) is 12.1. The maximum absolute atomic E-state index is 13.6. The van der Waals surface area contributed by atoms with Gasteiger partial charge in [-0.25, -0.2) is 9.97 Å². The van der Waals surface area contributed by atoms with Crippen molar-refractivity contribution in [2.45, 2.75) is 31.2 Å². The van der Waals surface area contributed by atoms with E-state index in [1.807, 2.05) is 0 Å². The first-order valence-corrected chi connectivity index (χ1v) is 7.20. The molecule has 14 heteroatoms. The molecule has 11 nitrogen and oxygen atoms in total. The van der Waals surface area contributed by atoms with Crippen molar-refractivity contribution in [3.8, 4) is 0 Å². The smallest absolute Gasteiger partial charge is 0.391 e. The van der Waals surface area contributed by atoms with Gasteiger partial charge in [0.15, 0.2) is 22.5 Å². The van der Waals surface area contributed by atoms with Gasteiger partial charge in [0.1, 0.15) is 30.0 Å². The molecule has 1 saturated heterocycles. The molecule has 0 radical (unpaired) electrons. The molecule has 26 heavy (non-hydrogen) atoms. The molecule has 4 atom stereocenters. The summed E-state index contributed by atoms with van der Waals surface area (Å²) in [5, 5.41) is 22.7. The first-order valence-electron chi connectivity index (χ1n) is 7.20. The second kappa shape index (κ2) is 5.95. The van der Waals surface area contributed by atoms with Crippen LogP contribution in [-0.4, -0.2) is 54.3 Å². The van der Waals surface area contributed by atoms with Crippen LogP contribution in [0.25, 0.3) is 11.2 Å². The number of hydrogen-bond acceptors (Lipinski definition) is 8. The largest absolute Gasteiger partial charge is 0.398 e. The molecule has 3 heterocycles. The Morgan fingerprint density at radius 2 is 2.27 bits per heavy atom. The van der Waals surface area contributed by atoms with E-state index in [4.69, 9.17) is 10.3 Å². The van der Waals surface area contributed by atoms with Crippen molar-refractivity contribution in [1.82, 2.24) is 24.4 Å². The maximum atomic E-state index is 13.6. The van der Waals surface area contributed by atoms with Crippen molar-refractivity contribution >= 4 is 11.2 Å². The standard InChI is InChI=1S/C12H12F3N7O4/c1-4-18-8-6(9(25)19-4)17-3-22(8)10-5(12(13,14)15)7(24)11(2-23,26-10)20-21-16/h3,5,7,10,16,23-24H,2H2,1H3/p+1/t5-,7-,10+,11+/m0/s1. The van der Waals surface area contributed by atoms with Crippen LogP contribution >= 0.6 is 0 Å². The number of ether oxygens (including phenoxy) is 1. The number of nitrogens with one attached hydrogen (secondary N) is 2. The van der Waals surface area contributed by atoms with Crippen molar-refractivity contribution in [2.24, 2.45) is 11.0 Å². The Morgan fingerprint density at radius 3 is 2.85 bits per heavy atom. The predicted octanol–water partition coefficient (Wildman–Crippen LogP) is -0.265. The second-order valence-corrected chi connectivity index (χ2v) is 5.70. The summed E-state index contributed by atoms with van der Waals surface area (Å²) in [6, 6.07) is 0. The van der Waals surface area contributed by atoms with Crippen LogP contribution in [0.1, 0.15) is 12.1 Å². The molecule has 1 aliphatic rings. The third kappa shape index (κ3) is 2.59. The summed E-state index contributed by atoms with van der Waals surface area (Å²) < 4.78 is 46.7. The monoisotopic (exact) mass is 376 g/mol. The molecule has 0 aromatic carbocycles. The minimum atomic E-state index is -4.97. The molecular formula is C12H13F3N7O4+. The van der Waals surface area contributed by atoms with Crippen LogP contribution in [0.15, 0.2) is 16.2 Å². The van der Waals surface area contributed by atoms with Gasteiger partial charge in [0, 0.05) is 0 Å². The normalized spacial score (nSPS) is 29.1. The fourth-order valence-corrected chi connectivity index (χ4v) is 2.91. The molecule has 2 aromatic rings. The molecule has 3 rings (SSSR count). The fourth-order valence-electron chi connectivity index (χ4n) is 2.91. The quantitative estimate of drug-likeness (QED) is 0.426. The van der Waals surface area contributed by atoms with Crippen LogP contribution in [0.3, 0.4) is 0 Å². The van der Waals surface area contributed by atoms with Gasteiger partial charge in [-0.1, -0.05) is 0 Å². The number of fused-ring (bicyclic) bond motifs is 1. The Balaban J connectivity index is 2.22. The molecule has 0 bridgehead atoms. The predicted molar refractivity (Wildman–Crippen MR) is 75.7 cm³/mol. The molecule has 0 aliphatic carbocycles. The zero-order valence-electron chi connectivity index (χ0n) is 13.1. The zero-order valence-corrected chi connectivity index (χ0v) is 13.1. The molecule has 0 amide bonds. The molecule has 1 fully saturated rings. The number of aliphatic hydroxyl groups excluding tert-OH is 2. The van der Waals surface area contributed by atoms with Gasteiger partial charge in [-0.3, -0.25) is 9.36 Å². The number of aliphatic hydroxyl groups is 2. The van der Waals surface area contributed by atoms with Crippen molar-refractivity contribution in [2.75, 3.05) is 6.61 Å². The van der Waals surface area contributed by atoms with Crippen molar-refractivity contribution in [1.29, 1.82) is 5.53 Å². The summed E-state index contributed by atoms with van der Waals surface area (Å²) in [7, 11) is 0. The molecule has 0 spiro atoms. The Morgan fingerprint density at radius 1 is 1.58 bits per heavy atom. The van der Waals surface area contributed by atoms with E-state index in [9.17, 15) is 28.2 Å². The minimum Gasteiger partial charge on any atom is -0.391 e. The summed E-state index contributed by atoms with van der Waals surface area (Å²) >= 11 is 0. The van der Waals surface area contributed by atoms with Gasteiger partial charge >= 0.3 is 6.18 Å². The van der Waals surface area contributed by atoms with Crippen molar-refractivity contribution in [3.05, 3.63) is 22.5 Å². The lowest BCUT2D eigenvalue weighted by atomic mass is 9.95. The highest BCUT2D eigenvalue weighted by Crippen LogP contribution is 2.49. The van der Waals surface area contributed by atoms with E-state index in [1.165, 1.54) is 6.92 Å². The third-order valence-electron chi connectivity index (χ3n) is 4.08. The lowest BCUT2D eigenvalue weighted by Crippen LogP contribution is -2.46. The van der Waals surface area contributed by atoms with Crippen LogP contribution in [0, 0.1) is 18.4 Å². The van der Waals surface area contributed by atoms with Gasteiger partial charge < -0.3 is 19.9 Å². The average Bonchev–Trinajstić information content (AvgIpc) is 3.07. The van der Waals surface area contributed by atoms with Crippen LogP contribution in [0.2, 0.25) is 0 Å². The van der Waals surface area contributed by atoms with Gasteiger partial charge in [-0.2, -0.15) is 13.2 Å². The molecule has 1 aliphatic heterocycles. The highest BCUT2D eigenvalue weighted by atomic mass is 19.4. The SMILES string of the molecule is Cc1nc2c(ncn2[C@@H]2O[C@@](CO)(N=[N+]=N)[C@@H](O)[C@@H]2C(F)(F)F)c(=O)[nH]1. The number of nitrogens with zero attached hydrogens (tertiary/aromatic N) is 5. The van der Waals surface area contributed by atoms with E-state index < -0.39 is 42.3 Å². The van der Waals surface area contributed by atoms with Crippen LogP contribution in [0.5, 0.6) is 0 Å². The van der Waals surface area contributed by atoms with Gasteiger partial charge in [0.25, 0.3) is 11.3 Å². The molecular weight excluding hydrogens is 363 g/mol. The van der Waals surface area contributed by atoms with Crippen molar-refractivity contribution < 1.29 is 28.1 Å². The fraction of sp³-hybridized carbons (Fsp3) is 0.583. The van der Waals surface area contributed by atoms with E-state index in [1.54, 1.807) is 0 Å². The highest BCUT2D eigenvalue weighted by molar-refractivity contribution is 5.69. The molecule has 2 aromatic heterocycles. The van der Waals surface area contributed by atoms with E-state index in [-0.39, 0.29) is 17.0 Å². The summed E-state index contributed by atoms with van der Waals surface area (Å²) in [5.74, 6) is -2.41. The van der Waals surface area contributed by atoms with Gasteiger partial charge in [0.2, 0.25) is 4.91 Å². The number of alkyl halides is 3. The highest BCUT2D eigenvalue weighted by Gasteiger charge is 2.67. The molecule has 140 valence electrons. The van der Waals surface area contributed by atoms with E-state index in [0.717, 1.165) is 10.9 Å². The summed E-state index contributed by atoms with van der Waals surface area (Å²) in [5.41, 5.74) is 3.16. The average molecular weight is 376 g/mol. The number of rotatable bonds is 3. The Kier molecular flexibility index (Phi) is 4.15. The summed E-state index contributed by atoms with van der Waals surface area (Å²) in [4.78, 5) is 24.5. The maximum Gasteiger partial charge on any atom is 0.398 e. The van der Waals surface area contributed by atoms with E-state index in [2.05, 4.69) is 25.0 Å². The molecule has 4 N–H and O–H groups in total. The zero-order chi connectivity index (χ0) is 19.3. The molecule has 0 unspecified atom stereocenters. The number of imidazole rings is 1. The Bertz CT molecular complexity index is 950. The van der Waals surface area contributed by atoms with E-state index >= 15 is 0 Å². The summed E-state index contributed by atoms with van der Waals surface area (Å²) in [6.45, 7) is 0.273. The van der Waals surface area contributed by atoms with Crippen LogP contribution in [-0.2, 0) is 4.74 Å². The Hall–Kier alpha value is -2.67. The number of hydrogen-bond donors (Lipinski definition) is 4. The lowest BCUT2D eigenvalue weighted by molar-refractivity contribution is -0.210. The van der Waals surface area contributed by atoms with Gasteiger partial charge in [-0.15, -0.1) is 0 Å². The minimum absolute atomic E-state index is 0.130. The third-order valence-corrected chi connectivity index (χ3v) is 4.08. The van der Waals surface area contributed by atoms with Crippen molar-refractivity contribution in [3.63, 3.8) is 0 Å². The number of aromatic nitrogens is 4. The van der Waals surface area contributed by atoms with Crippen LogP contribution in [0.4, 0.5) is 13.2 Å².